The molecule has 0 radical (unpaired) electrons. The lowest BCUT2D eigenvalue weighted by atomic mass is 9.72. The highest BCUT2D eigenvalue weighted by molar-refractivity contribution is 4.91. The molecule has 1 rings (SSSR count). The summed E-state index contributed by atoms with van der Waals surface area (Å²) in [5.41, 5.74) is 0. The Hall–Kier alpha value is -0.440. The summed E-state index contributed by atoms with van der Waals surface area (Å²) in [6.07, 6.45) is 10.3. The van der Waals surface area contributed by atoms with E-state index in [4.69, 9.17) is 6.42 Å². The number of hydrogen-bond donors (Lipinski definition) is 0. The third kappa shape index (κ3) is 1.48. The van der Waals surface area contributed by atoms with Crippen LogP contribution >= 0.6 is 0 Å². The molecule has 0 atom stereocenters. The van der Waals surface area contributed by atoms with Gasteiger partial charge in [-0.15, -0.1) is 12.3 Å². The Morgan fingerprint density at radius 1 is 1.44 bits per heavy atom. The standard InChI is InChI=1S/C9H14/c1-3-5-9-6-8(4-2)7-9/h1,8-9H,4-7H2,2H3. The largest absolute Gasteiger partial charge is 0.120 e. The SMILES string of the molecule is C#CCC1CC(CC)C1. The second-order valence-corrected chi connectivity index (χ2v) is 3.02. The van der Waals surface area contributed by atoms with Crippen LogP contribution in [-0.2, 0) is 0 Å². The van der Waals surface area contributed by atoms with Crippen molar-refractivity contribution in [1.29, 1.82) is 0 Å². The monoisotopic (exact) mass is 122 g/mol. The van der Waals surface area contributed by atoms with Gasteiger partial charge in [-0.2, -0.15) is 0 Å². The predicted octanol–water partition coefficient (Wildman–Crippen LogP) is 2.45. The van der Waals surface area contributed by atoms with Gasteiger partial charge in [0.15, 0.2) is 0 Å². The van der Waals surface area contributed by atoms with Gasteiger partial charge in [-0.3, -0.25) is 0 Å². The van der Waals surface area contributed by atoms with Crippen molar-refractivity contribution in [3.05, 3.63) is 0 Å². The number of terminal acetylenes is 1. The molecule has 0 aromatic carbocycles. The van der Waals surface area contributed by atoms with Crippen LogP contribution in [0.5, 0.6) is 0 Å². The minimum atomic E-state index is 0.875. The molecule has 50 valence electrons. The van der Waals surface area contributed by atoms with Gasteiger partial charge in [-0.1, -0.05) is 13.3 Å². The van der Waals surface area contributed by atoms with Gasteiger partial charge >= 0.3 is 0 Å². The van der Waals surface area contributed by atoms with Gasteiger partial charge in [-0.25, -0.2) is 0 Å². The van der Waals surface area contributed by atoms with E-state index in [-0.39, 0.29) is 0 Å². The van der Waals surface area contributed by atoms with Crippen LogP contribution in [0.1, 0.15) is 32.6 Å². The molecule has 0 heterocycles. The number of hydrogen-bond acceptors (Lipinski definition) is 0. The summed E-state index contributed by atoms with van der Waals surface area (Å²) in [5.74, 6) is 4.59. The Labute approximate surface area is 57.7 Å². The fourth-order valence-corrected chi connectivity index (χ4v) is 1.54. The predicted molar refractivity (Wildman–Crippen MR) is 40.0 cm³/mol. The van der Waals surface area contributed by atoms with E-state index in [0.717, 1.165) is 18.3 Å². The lowest BCUT2D eigenvalue weighted by Crippen LogP contribution is -2.22. The van der Waals surface area contributed by atoms with Gasteiger partial charge in [0, 0.05) is 6.42 Å². The minimum Gasteiger partial charge on any atom is -0.120 e. The van der Waals surface area contributed by atoms with Gasteiger partial charge < -0.3 is 0 Å². The van der Waals surface area contributed by atoms with Crippen molar-refractivity contribution < 1.29 is 0 Å². The van der Waals surface area contributed by atoms with Crippen LogP contribution in [0.4, 0.5) is 0 Å². The smallest absolute Gasteiger partial charge is 0.0115 e. The van der Waals surface area contributed by atoms with E-state index >= 15 is 0 Å². The first kappa shape index (κ1) is 6.68. The molecular formula is C9H14. The van der Waals surface area contributed by atoms with Gasteiger partial charge in [0.2, 0.25) is 0 Å². The number of rotatable bonds is 2. The molecule has 1 saturated carbocycles. The average molecular weight is 122 g/mol. The summed E-state index contributed by atoms with van der Waals surface area (Å²) < 4.78 is 0. The maximum atomic E-state index is 5.18. The molecular weight excluding hydrogens is 108 g/mol. The van der Waals surface area contributed by atoms with E-state index in [0.29, 0.717) is 0 Å². The molecule has 1 aliphatic carbocycles. The van der Waals surface area contributed by atoms with Crippen LogP contribution < -0.4 is 0 Å². The Bertz CT molecular complexity index is 112. The molecule has 0 heteroatoms. The highest BCUT2D eigenvalue weighted by Crippen LogP contribution is 2.37. The Morgan fingerprint density at radius 3 is 2.56 bits per heavy atom. The molecule has 1 aliphatic rings. The van der Waals surface area contributed by atoms with Crippen molar-refractivity contribution in [2.45, 2.75) is 32.6 Å². The fraction of sp³-hybridized carbons (Fsp3) is 0.778. The molecule has 1 fully saturated rings. The minimum absolute atomic E-state index is 0.875. The first-order valence-electron chi connectivity index (χ1n) is 3.80. The molecule has 0 bridgehead atoms. The van der Waals surface area contributed by atoms with Crippen molar-refractivity contribution in [2.75, 3.05) is 0 Å². The van der Waals surface area contributed by atoms with E-state index in [9.17, 15) is 0 Å². The normalized spacial score (nSPS) is 32.9. The Morgan fingerprint density at radius 2 is 2.11 bits per heavy atom. The van der Waals surface area contributed by atoms with Gasteiger partial charge in [0.05, 0.1) is 0 Å². The zero-order chi connectivity index (χ0) is 6.69. The van der Waals surface area contributed by atoms with Crippen molar-refractivity contribution in [3.63, 3.8) is 0 Å². The first-order valence-corrected chi connectivity index (χ1v) is 3.80. The first-order chi connectivity index (χ1) is 4.36. The lowest BCUT2D eigenvalue weighted by molar-refractivity contribution is 0.192. The summed E-state index contributed by atoms with van der Waals surface area (Å²) in [4.78, 5) is 0. The van der Waals surface area contributed by atoms with Crippen LogP contribution in [0.3, 0.4) is 0 Å². The topological polar surface area (TPSA) is 0 Å². The lowest BCUT2D eigenvalue weighted by Gasteiger charge is -2.33. The molecule has 9 heavy (non-hydrogen) atoms. The van der Waals surface area contributed by atoms with E-state index < -0.39 is 0 Å². The molecule has 0 N–H and O–H groups in total. The van der Waals surface area contributed by atoms with Gasteiger partial charge in [-0.05, 0) is 24.7 Å². The maximum absolute atomic E-state index is 5.18. The van der Waals surface area contributed by atoms with Crippen LogP contribution in [0.2, 0.25) is 0 Å². The van der Waals surface area contributed by atoms with Gasteiger partial charge in [0.1, 0.15) is 0 Å². The summed E-state index contributed by atoms with van der Waals surface area (Å²) >= 11 is 0. The molecule has 0 aromatic heterocycles. The second kappa shape index (κ2) is 2.92. The Kier molecular flexibility index (Phi) is 2.16. The average Bonchev–Trinajstić information content (AvgIpc) is 1.77. The zero-order valence-corrected chi connectivity index (χ0v) is 6.06. The van der Waals surface area contributed by atoms with Crippen molar-refractivity contribution in [2.24, 2.45) is 11.8 Å². The summed E-state index contributed by atoms with van der Waals surface area (Å²) in [6, 6.07) is 0. The highest BCUT2D eigenvalue weighted by Gasteiger charge is 2.26. The molecule has 0 saturated heterocycles. The van der Waals surface area contributed by atoms with Crippen molar-refractivity contribution in [1.82, 2.24) is 0 Å². The van der Waals surface area contributed by atoms with E-state index in [2.05, 4.69) is 12.8 Å². The fourth-order valence-electron chi connectivity index (χ4n) is 1.54. The molecule has 0 nitrogen and oxygen atoms in total. The summed E-state index contributed by atoms with van der Waals surface area (Å²) in [6.45, 7) is 2.26. The van der Waals surface area contributed by atoms with E-state index in [1.807, 2.05) is 0 Å². The van der Waals surface area contributed by atoms with E-state index in [1.165, 1.54) is 19.3 Å². The van der Waals surface area contributed by atoms with Crippen molar-refractivity contribution >= 4 is 0 Å². The maximum Gasteiger partial charge on any atom is 0.0115 e. The molecule has 0 aliphatic heterocycles. The summed E-state index contributed by atoms with van der Waals surface area (Å²) in [5, 5.41) is 0. The molecule has 0 spiro atoms. The van der Waals surface area contributed by atoms with Gasteiger partial charge in [0.25, 0.3) is 0 Å². The van der Waals surface area contributed by atoms with Crippen molar-refractivity contribution in [3.8, 4) is 12.3 Å². The highest BCUT2D eigenvalue weighted by atomic mass is 14.3. The quantitative estimate of drug-likeness (QED) is 0.493. The Balaban J connectivity index is 2.06. The van der Waals surface area contributed by atoms with Crippen LogP contribution in [0, 0.1) is 24.2 Å². The third-order valence-corrected chi connectivity index (χ3v) is 2.32. The van der Waals surface area contributed by atoms with Crippen LogP contribution in [0.15, 0.2) is 0 Å². The van der Waals surface area contributed by atoms with E-state index in [1.54, 1.807) is 0 Å². The third-order valence-electron chi connectivity index (χ3n) is 2.32. The van der Waals surface area contributed by atoms with Crippen LogP contribution in [-0.4, -0.2) is 0 Å². The summed E-state index contributed by atoms with van der Waals surface area (Å²) in [7, 11) is 0. The molecule has 0 amide bonds. The molecule has 0 aromatic rings. The second-order valence-electron chi connectivity index (χ2n) is 3.02. The zero-order valence-electron chi connectivity index (χ0n) is 6.06. The molecule has 0 unspecified atom stereocenters. The van der Waals surface area contributed by atoms with Crippen LogP contribution in [0.25, 0.3) is 0 Å².